The summed E-state index contributed by atoms with van der Waals surface area (Å²) in [7, 11) is 1.93. The van der Waals surface area contributed by atoms with Crippen molar-refractivity contribution in [2.24, 2.45) is 7.05 Å². The molecule has 2 aromatic heterocycles. The van der Waals surface area contributed by atoms with Gasteiger partial charge < -0.3 is 4.57 Å². The second-order valence-corrected chi connectivity index (χ2v) is 3.87. The van der Waals surface area contributed by atoms with E-state index >= 15 is 0 Å². The standard InChI is InChI=1S/C12H14N4O/c1-8-7-10(9(2)16(8)3)11(17)15-12-13-5-4-6-14-12/h4-7H,1-3H3,(H,13,14,15,17). The highest BCUT2D eigenvalue weighted by Gasteiger charge is 2.14. The molecule has 0 radical (unpaired) electrons. The van der Waals surface area contributed by atoms with Crippen LogP contribution in [0.5, 0.6) is 0 Å². The van der Waals surface area contributed by atoms with Crippen molar-refractivity contribution in [1.82, 2.24) is 14.5 Å². The lowest BCUT2D eigenvalue weighted by atomic mass is 10.2. The topological polar surface area (TPSA) is 59.8 Å². The van der Waals surface area contributed by atoms with Crippen molar-refractivity contribution in [3.63, 3.8) is 0 Å². The van der Waals surface area contributed by atoms with Crippen LogP contribution in [0.25, 0.3) is 0 Å². The molecule has 88 valence electrons. The smallest absolute Gasteiger partial charge is 0.259 e. The monoisotopic (exact) mass is 230 g/mol. The summed E-state index contributed by atoms with van der Waals surface area (Å²) in [5.74, 6) is 0.135. The highest BCUT2D eigenvalue weighted by atomic mass is 16.1. The Labute approximate surface area is 99.5 Å². The molecule has 5 heteroatoms. The Kier molecular flexibility index (Phi) is 2.91. The molecule has 1 amide bonds. The second kappa shape index (κ2) is 4.37. The number of aromatic nitrogens is 3. The number of anilines is 1. The van der Waals surface area contributed by atoms with Crippen molar-refractivity contribution >= 4 is 11.9 Å². The van der Waals surface area contributed by atoms with Crippen LogP contribution in [0.3, 0.4) is 0 Å². The van der Waals surface area contributed by atoms with E-state index in [1.165, 1.54) is 0 Å². The third-order valence-electron chi connectivity index (χ3n) is 2.81. The van der Waals surface area contributed by atoms with Crippen molar-refractivity contribution in [3.05, 3.63) is 41.5 Å². The number of nitrogens with one attached hydrogen (secondary N) is 1. The van der Waals surface area contributed by atoms with Crippen molar-refractivity contribution in [3.8, 4) is 0 Å². The number of aryl methyl sites for hydroxylation is 1. The molecular weight excluding hydrogens is 216 g/mol. The molecule has 0 aliphatic heterocycles. The molecule has 2 aromatic rings. The van der Waals surface area contributed by atoms with Crippen LogP contribution in [0, 0.1) is 13.8 Å². The van der Waals surface area contributed by atoms with Gasteiger partial charge in [-0.05, 0) is 26.0 Å². The Morgan fingerprint density at radius 2 is 1.94 bits per heavy atom. The highest BCUT2D eigenvalue weighted by Crippen LogP contribution is 2.14. The number of carbonyl (C=O) groups is 1. The number of hydrogen-bond acceptors (Lipinski definition) is 3. The minimum absolute atomic E-state index is 0.183. The molecule has 0 saturated carbocycles. The Morgan fingerprint density at radius 1 is 1.29 bits per heavy atom. The highest BCUT2D eigenvalue weighted by molar-refractivity contribution is 6.04. The predicted octanol–water partition coefficient (Wildman–Crippen LogP) is 1.68. The lowest BCUT2D eigenvalue weighted by Crippen LogP contribution is -2.14. The Morgan fingerprint density at radius 3 is 2.47 bits per heavy atom. The molecule has 0 atom stereocenters. The fourth-order valence-electron chi connectivity index (χ4n) is 1.62. The first-order chi connectivity index (χ1) is 8.09. The summed E-state index contributed by atoms with van der Waals surface area (Å²) >= 11 is 0. The minimum Gasteiger partial charge on any atom is -0.351 e. The molecule has 5 nitrogen and oxygen atoms in total. The molecule has 0 saturated heterocycles. The Balaban J connectivity index is 2.24. The summed E-state index contributed by atoms with van der Waals surface area (Å²) in [5, 5.41) is 2.67. The quantitative estimate of drug-likeness (QED) is 0.854. The van der Waals surface area contributed by atoms with Gasteiger partial charge in [-0.15, -0.1) is 0 Å². The summed E-state index contributed by atoms with van der Waals surface area (Å²) in [6.07, 6.45) is 3.18. The predicted molar refractivity (Wildman–Crippen MR) is 64.9 cm³/mol. The van der Waals surface area contributed by atoms with Crippen LogP contribution >= 0.6 is 0 Å². The van der Waals surface area contributed by atoms with Gasteiger partial charge in [0.25, 0.3) is 5.91 Å². The van der Waals surface area contributed by atoms with Crippen molar-refractivity contribution in [2.45, 2.75) is 13.8 Å². The molecule has 0 aliphatic rings. The molecule has 0 aliphatic carbocycles. The number of nitrogens with zero attached hydrogens (tertiary/aromatic N) is 3. The number of rotatable bonds is 2. The zero-order chi connectivity index (χ0) is 12.4. The fourth-order valence-corrected chi connectivity index (χ4v) is 1.62. The van der Waals surface area contributed by atoms with Gasteiger partial charge in [-0.3, -0.25) is 10.1 Å². The summed E-state index contributed by atoms with van der Waals surface area (Å²) in [6, 6.07) is 3.56. The van der Waals surface area contributed by atoms with Crippen molar-refractivity contribution < 1.29 is 4.79 Å². The van der Waals surface area contributed by atoms with Crippen LogP contribution in [0.15, 0.2) is 24.5 Å². The zero-order valence-corrected chi connectivity index (χ0v) is 10.1. The van der Waals surface area contributed by atoms with E-state index in [-0.39, 0.29) is 5.91 Å². The largest absolute Gasteiger partial charge is 0.351 e. The van der Waals surface area contributed by atoms with E-state index in [1.54, 1.807) is 18.5 Å². The zero-order valence-electron chi connectivity index (χ0n) is 10.1. The summed E-state index contributed by atoms with van der Waals surface area (Å²) in [4.78, 5) is 19.9. The molecule has 0 aromatic carbocycles. The van der Waals surface area contributed by atoms with Crippen LogP contribution in [0.1, 0.15) is 21.7 Å². The van der Waals surface area contributed by atoms with E-state index in [2.05, 4.69) is 15.3 Å². The number of hydrogen-bond donors (Lipinski definition) is 1. The number of carbonyl (C=O) groups excluding carboxylic acids is 1. The van der Waals surface area contributed by atoms with Gasteiger partial charge in [0.15, 0.2) is 0 Å². The molecule has 2 heterocycles. The van der Waals surface area contributed by atoms with Crippen LogP contribution < -0.4 is 5.32 Å². The van der Waals surface area contributed by atoms with E-state index in [4.69, 9.17) is 0 Å². The van der Waals surface area contributed by atoms with Gasteiger partial charge >= 0.3 is 0 Å². The minimum atomic E-state index is -0.183. The van der Waals surface area contributed by atoms with Gasteiger partial charge in [-0.25, -0.2) is 9.97 Å². The lowest BCUT2D eigenvalue weighted by Gasteiger charge is -2.03. The summed E-state index contributed by atoms with van der Waals surface area (Å²) in [5.41, 5.74) is 2.62. The summed E-state index contributed by atoms with van der Waals surface area (Å²) in [6.45, 7) is 3.87. The molecular formula is C12H14N4O. The maximum atomic E-state index is 12.0. The van der Waals surface area contributed by atoms with E-state index in [0.29, 0.717) is 11.5 Å². The molecule has 17 heavy (non-hydrogen) atoms. The first kappa shape index (κ1) is 11.3. The first-order valence-electron chi connectivity index (χ1n) is 5.31. The maximum absolute atomic E-state index is 12.0. The van der Waals surface area contributed by atoms with Gasteiger partial charge in [0.1, 0.15) is 0 Å². The van der Waals surface area contributed by atoms with Crippen molar-refractivity contribution in [2.75, 3.05) is 5.32 Å². The molecule has 0 fully saturated rings. The van der Waals surface area contributed by atoms with Crippen LogP contribution in [0.2, 0.25) is 0 Å². The average molecular weight is 230 g/mol. The van der Waals surface area contributed by atoms with Gasteiger partial charge in [-0.2, -0.15) is 0 Å². The third kappa shape index (κ3) is 2.18. The Hall–Kier alpha value is -2.17. The second-order valence-electron chi connectivity index (χ2n) is 3.87. The molecule has 2 rings (SSSR count). The SMILES string of the molecule is Cc1cc(C(=O)Nc2ncccn2)c(C)n1C. The maximum Gasteiger partial charge on any atom is 0.259 e. The molecule has 1 N–H and O–H groups in total. The lowest BCUT2D eigenvalue weighted by molar-refractivity contribution is 0.102. The first-order valence-corrected chi connectivity index (χ1v) is 5.31. The van der Waals surface area contributed by atoms with E-state index in [9.17, 15) is 4.79 Å². The van der Waals surface area contributed by atoms with Crippen LogP contribution in [-0.2, 0) is 7.05 Å². The van der Waals surface area contributed by atoms with Gasteiger partial charge in [0, 0.05) is 30.8 Å². The molecule has 0 unspecified atom stereocenters. The van der Waals surface area contributed by atoms with Gasteiger partial charge in [0.2, 0.25) is 5.95 Å². The molecule has 0 spiro atoms. The van der Waals surface area contributed by atoms with Gasteiger partial charge in [-0.1, -0.05) is 0 Å². The Bertz CT molecular complexity index is 545. The van der Waals surface area contributed by atoms with Crippen LogP contribution in [-0.4, -0.2) is 20.4 Å². The van der Waals surface area contributed by atoms with E-state index in [1.807, 2.05) is 31.5 Å². The van der Waals surface area contributed by atoms with E-state index in [0.717, 1.165) is 11.4 Å². The normalized spacial score (nSPS) is 10.3. The van der Waals surface area contributed by atoms with Gasteiger partial charge in [0.05, 0.1) is 5.56 Å². The van der Waals surface area contributed by atoms with Crippen molar-refractivity contribution in [1.29, 1.82) is 0 Å². The van der Waals surface area contributed by atoms with Crippen LogP contribution in [0.4, 0.5) is 5.95 Å². The average Bonchev–Trinajstić information content (AvgIpc) is 2.58. The summed E-state index contributed by atoms with van der Waals surface area (Å²) < 4.78 is 1.97. The molecule has 0 bridgehead atoms. The fraction of sp³-hybridized carbons (Fsp3) is 0.250. The third-order valence-corrected chi connectivity index (χ3v) is 2.81. The number of amides is 1. The van der Waals surface area contributed by atoms with E-state index < -0.39 is 0 Å².